The van der Waals surface area contributed by atoms with Crippen LogP contribution in [0.2, 0.25) is 0 Å². The summed E-state index contributed by atoms with van der Waals surface area (Å²) in [5.41, 5.74) is 20.9. The Bertz CT molecular complexity index is 5720. The molecule has 0 aromatic carbocycles. The SMILES string of the molecule is COP(O)(=S)O[C@@H]1C[C@H](n2cc(C)c(=O)[nH]c2=O)O[C@@H]1COP(O)(=S)O[C@@H]1C[C@H](n2cnc3c(N)ncnc32)O[C@@H]1COP(O)(=S)O[C@@H]1C[C@H](n2cnc3c(=O)[nH]c(N)nc32)O[C@@H]1COP(=O)(S)O[C@@H]1C2O[C@@H](C)[C@]1(COP(O)(=S)O[C@@H]1C3O[C@@H](C)[C@]1(CC(C)C)O[C@H]3n1cnc3c(N)ncnc31)O[C@H]2n1cnc2c(N)ncnc21. The number of nitrogens with two attached hydrogens (primary N) is 4. The average molecular weight is 1800 g/mol. The Morgan fingerprint density at radius 2 is 0.974 bits per heavy atom. The number of anilines is 4. The van der Waals surface area contributed by atoms with E-state index < -0.39 is 192 Å². The molecule has 16 rings (SSSR count). The molecule has 622 valence electrons. The lowest BCUT2D eigenvalue weighted by molar-refractivity contribution is -0.215. The first kappa shape index (κ1) is 82.9. The highest BCUT2D eigenvalue weighted by Gasteiger charge is 2.71. The summed E-state index contributed by atoms with van der Waals surface area (Å²) in [6, 6.07) is 0. The third kappa shape index (κ3) is 16.0. The normalized spacial score (nSPS) is 32.6. The van der Waals surface area contributed by atoms with Gasteiger partial charge in [0.2, 0.25) is 5.95 Å². The number of rotatable bonds is 30. The summed E-state index contributed by atoms with van der Waals surface area (Å²) < 4.78 is 130. The fourth-order valence-electron chi connectivity index (χ4n) is 15.3. The van der Waals surface area contributed by atoms with Crippen molar-refractivity contribution in [3.8, 4) is 0 Å². The smallest absolute Gasteiger partial charge is 0.382 e. The molecule has 7 unspecified atom stereocenters. The summed E-state index contributed by atoms with van der Waals surface area (Å²) in [5.74, 6) is -0.0627. The van der Waals surface area contributed by atoms with Gasteiger partial charge in [-0.25, -0.2) is 59.2 Å². The summed E-state index contributed by atoms with van der Waals surface area (Å²) >= 11 is 26.9. The van der Waals surface area contributed by atoms with Gasteiger partial charge in [0.15, 0.2) is 58.0 Å². The number of nitrogen functional groups attached to an aromatic ring is 4. The minimum Gasteiger partial charge on any atom is -0.382 e. The van der Waals surface area contributed by atoms with Crippen LogP contribution in [0.4, 0.5) is 23.4 Å². The molecular formula is C58H75N22O25P5S5. The Morgan fingerprint density at radius 3 is 1.48 bits per heavy atom. The molecule has 14 N–H and O–H groups in total. The summed E-state index contributed by atoms with van der Waals surface area (Å²) in [7, 11) is 1.13. The lowest BCUT2D eigenvalue weighted by Gasteiger charge is -2.39. The number of fused-ring (bicyclic) bond motifs is 8. The van der Waals surface area contributed by atoms with E-state index in [1.807, 2.05) is 20.8 Å². The minimum atomic E-state index is -4.83. The molecule has 0 spiro atoms. The van der Waals surface area contributed by atoms with E-state index in [1.165, 1.54) is 71.1 Å². The number of aryl methyl sites for hydroxylation is 1. The summed E-state index contributed by atoms with van der Waals surface area (Å²) in [6.07, 6.45) is -9.26. The second-order valence-corrected chi connectivity index (χ2v) is 42.4. The first-order chi connectivity index (χ1) is 54.4. The van der Waals surface area contributed by atoms with Crippen molar-refractivity contribution in [1.82, 2.24) is 87.6 Å². The van der Waals surface area contributed by atoms with Crippen LogP contribution in [0.15, 0.2) is 64.9 Å². The number of thiol groups is 1. The van der Waals surface area contributed by atoms with Crippen LogP contribution in [0.25, 0.3) is 44.7 Å². The van der Waals surface area contributed by atoms with Crippen LogP contribution in [0, 0.1) is 12.8 Å². The van der Waals surface area contributed by atoms with E-state index in [4.69, 9.17) is 149 Å². The summed E-state index contributed by atoms with van der Waals surface area (Å²) in [6.45, 7) is -16.1. The van der Waals surface area contributed by atoms with E-state index in [2.05, 4.69) is 77.0 Å². The number of aromatic nitrogens is 18. The average Bonchev–Trinajstić information content (AvgIpc) is 1.55. The number of ether oxygens (including phenoxy) is 7. The van der Waals surface area contributed by atoms with Gasteiger partial charge < -0.3 is 107 Å². The molecule has 57 heteroatoms. The molecule has 0 radical (unpaired) electrons. The van der Waals surface area contributed by atoms with Crippen LogP contribution in [0.1, 0.15) is 90.1 Å². The second kappa shape index (κ2) is 31.3. The number of H-pyrrole nitrogens is 2. The van der Waals surface area contributed by atoms with E-state index in [0.29, 0.717) is 17.6 Å². The maximum atomic E-state index is 15.3. The van der Waals surface area contributed by atoms with E-state index in [-0.39, 0.29) is 87.6 Å². The number of hydrogen-bond donors (Lipinski definition) is 11. The quantitative estimate of drug-likeness (QED) is 0.0227. The number of hydrogen-bond acceptors (Lipinski definition) is 40. The van der Waals surface area contributed by atoms with Crippen molar-refractivity contribution in [2.24, 2.45) is 5.92 Å². The van der Waals surface area contributed by atoms with Gasteiger partial charge in [-0.2, -0.15) is 4.98 Å². The molecule has 9 aromatic heterocycles. The van der Waals surface area contributed by atoms with E-state index >= 15 is 4.57 Å². The predicted octanol–water partition coefficient (Wildman–Crippen LogP) is 2.39. The zero-order valence-electron chi connectivity index (χ0n) is 60.8. The zero-order valence-corrected chi connectivity index (χ0v) is 69.4. The Labute approximate surface area is 673 Å². The maximum Gasteiger partial charge on any atom is 0.386 e. The predicted molar refractivity (Wildman–Crippen MR) is 415 cm³/mol. The molecule has 7 saturated heterocycles. The van der Waals surface area contributed by atoms with E-state index in [0.717, 1.165) is 11.7 Å². The molecule has 7 aliphatic heterocycles. The van der Waals surface area contributed by atoms with Crippen molar-refractivity contribution < 1.29 is 103 Å². The molecule has 47 nitrogen and oxygen atoms in total. The lowest BCUT2D eigenvalue weighted by atomic mass is 9.85. The molecule has 7 fully saturated rings. The van der Waals surface area contributed by atoms with Gasteiger partial charge in [-0.1, -0.05) is 26.1 Å². The molecule has 0 aliphatic carbocycles. The Hall–Kier alpha value is -5.78. The number of aromatic amines is 2. The monoisotopic (exact) mass is 1790 g/mol. The Morgan fingerprint density at radius 1 is 0.548 bits per heavy atom. The molecule has 7 aliphatic rings. The largest absolute Gasteiger partial charge is 0.386 e. The first-order valence-corrected chi connectivity index (χ1v) is 48.1. The fourth-order valence-corrected chi connectivity index (χ4v) is 22.2. The van der Waals surface area contributed by atoms with Crippen LogP contribution in [0.3, 0.4) is 0 Å². The van der Waals surface area contributed by atoms with Gasteiger partial charge in [0.1, 0.15) is 108 Å². The van der Waals surface area contributed by atoms with Crippen molar-refractivity contribution in [1.29, 1.82) is 0 Å². The molecule has 9 aromatic rings. The van der Waals surface area contributed by atoms with Crippen LogP contribution in [0.5, 0.6) is 0 Å². The van der Waals surface area contributed by atoms with E-state index in [1.54, 1.807) is 11.5 Å². The van der Waals surface area contributed by atoms with Gasteiger partial charge in [-0.15, -0.1) is 0 Å². The number of imidazole rings is 4. The van der Waals surface area contributed by atoms with Crippen LogP contribution in [-0.2, 0) is 130 Å². The highest BCUT2D eigenvalue weighted by molar-refractivity contribution is 8.44. The lowest BCUT2D eigenvalue weighted by Crippen LogP contribution is -2.50. The highest BCUT2D eigenvalue weighted by Crippen LogP contribution is 2.65. The molecule has 24 atom stereocenters. The van der Waals surface area contributed by atoms with Gasteiger partial charge in [0.25, 0.3) is 11.1 Å². The highest BCUT2D eigenvalue weighted by atomic mass is 32.7. The minimum absolute atomic E-state index is 0.00560. The Balaban J connectivity index is 0.649. The second-order valence-electron chi connectivity index (χ2n) is 28.3. The van der Waals surface area contributed by atoms with Crippen molar-refractivity contribution in [2.75, 3.05) is 56.5 Å². The topological polar surface area (TPSA) is 608 Å². The van der Waals surface area contributed by atoms with Crippen LogP contribution >= 0.6 is 45.9 Å². The molecule has 4 bridgehead atoms. The third-order valence-corrected chi connectivity index (χ3v) is 28.6. The third-order valence-electron chi connectivity index (χ3n) is 20.6. The fraction of sp³-hybridized carbons (Fsp3) is 0.586. The first-order valence-electron chi connectivity index (χ1n) is 35.1. The van der Waals surface area contributed by atoms with Gasteiger partial charge in [0.05, 0.1) is 82.3 Å². The van der Waals surface area contributed by atoms with E-state index in [9.17, 15) is 34.0 Å². The molecular weight excluding hydrogens is 1720 g/mol. The van der Waals surface area contributed by atoms with Gasteiger partial charge in [-0.3, -0.25) is 56.0 Å². The maximum absolute atomic E-state index is 15.3. The van der Waals surface area contributed by atoms with Crippen LogP contribution < -0.4 is 39.7 Å². The summed E-state index contributed by atoms with van der Waals surface area (Å²) in [4.78, 5) is 138. The van der Waals surface area contributed by atoms with Gasteiger partial charge >= 0.3 is 39.4 Å². The van der Waals surface area contributed by atoms with Crippen molar-refractivity contribution in [3.63, 3.8) is 0 Å². The van der Waals surface area contributed by atoms with Crippen molar-refractivity contribution >= 4 is 161 Å². The standard InChI is InChI=1S/C58H75N22O25P5S5/c1-23(2)10-57-25(4)94-40(53(99-57)79-21-70-37-45(60)64-17-67-48(37)79)42(57)104-110(88,115)93-15-58-26(5)95-41(54(100-58)80-22-71-38-46(61)65-18-68-49(38)80)43(58)105-109(87,114)92-14-32-29(9-35(98-32)78-20-72-39-50(78)73-55(62)74-52(39)82)103-108(86,113)91-13-31-28(8-34(97-31)77-19-69-36-44(59)63-16-66-47(36)77)102-107(85,112)90-12-30-27(101-106(84,111)89-6)7-33(96-30)76-11-24(3)51(81)75-56(76)83/h11,16-23,25-35,40-43,53-54H,7-10,12-15H2,1-6H3,(H,84,111)(H,85,112)(H,86,113)(H,87,114)(H,88,115)(H2,59,63,66)(H2,60,64,67)(H2,61,65,68)(H,75,81,83)(H3,62,73,74,82)/t25-,26-,27+,28+,29+,30+,31+,32+,33+,34+,35+,40?,41?,42+,43+,53+,54+,57-,58-,106?,107?,108?,109?,110?/m0/s1. The summed E-state index contributed by atoms with van der Waals surface area (Å²) in [5, 5.41) is 0. The van der Waals surface area contributed by atoms with Crippen molar-refractivity contribution in [2.45, 2.75) is 176 Å². The molecule has 0 amide bonds. The molecule has 115 heavy (non-hydrogen) atoms. The van der Waals surface area contributed by atoms with Crippen molar-refractivity contribution in [3.05, 3.63) is 87.2 Å². The number of nitrogens with one attached hydrogen (secondary N) is 2. The van der Waals surface area contributed by atoms with Gasteiger partial charge in [-0.05, 0) is 80.3 Å². The number of nitrogens with zero attached hydrogens (tertiary/aromatic N) is 16. The van der Waals surface area contributed by atoms with Gasteiger partial charge in [0, 0.05) is 38.1 Å². The Kier molecular flexibility index (Phi) is 22.6. The molecule has 0 saturated carbocycles. The molecule has 16 heterocycles. The zero-order chi connectivity index (χ0) is 81.5. The van der Waals surface area contributed by atoms with Crippen LogP contribution in [-0.4, -0.2) is 225 Å².